The van der Waals surface area contributed by atoms with Gasteiger partial charge in [0.05, 0.1) is 18.5 Å². The summed E-state index contributed by atoms with van der Waals surface area (Å²) in [7, 11) is 1.56. The molecule has 0 bridgehead atoms. The smallest absolute Gasteiger partial charge is 0.272 e. The minimum atomic E-state index is -0.355. The van der Waals surface area contributed by atoms with E-state index in [1.165, 1.54) is 4.90 Å². The van der Waals surface area contributed by atoms with E-state index in [-0.39, 0.29) is 18.4 Å². The van der Waals surface area contributed by atoms with Crippen LogP contribution in [0.3, 0.4) is 0 Å². The average Bonchev–Trinajstić information content (AvgIpc) is 3.49. The van der Waals surface area contributed by atoms with Crippen molar-refractivity contribution in [3.63, 3.8) is 0 Å². The van der Waals surface area contributed by atoms with Crippen LogP contribution in [-0.2, 0) is 4.79 Å². The maximum absolute atomic E-state index is 13.2. The van der Waals surface area contributed by atoms with Crippen molar-refractivity contribution in [1.82, 2.24) is 14.7 Å². The molecule has 2 aromatic heterocycles. The summed E-state index contributed by atoms with van der Waals surface area (Å²) >= 11 is 0. The monoisotopic (exact) mass is 424 g/mol. The van der Waals surface area contributed by atoms with E-state index in [2.05, 4.69) is 16.3 Å². The van der Waals surface area contributed by atoms with Gasteiger partial charge < -0.3 is 14.6 Å². The first-order chi connectivity index (χ1) is 15.5. The lowest BCUT2D eigenvalue weighted by Crippen LogP contribution is -2.35. The van der Waals surface area contributed by atoms with Crippen molar-refractivity contribution in [3.8, 4) is 29.5 Å². The number of anilines is 1. The standard InChI is InChI=1S/C25H20N4O3/c1-3-18-9-7-10-19(15-18)26-24(30)17-28(2)25(31)22-16-21(23-13-8-14-32-23)27-29(22)20-11-5-4-6-12-20/h1,4-16H,17H2,2H3,(H,26,30). The van der Waals surface area contributed by atoms with Crippen molar-refractivity contribution in [2.45, 2.75) is 0 Å². The molecule has 0 aliphatic heterocycles. The van der Waals surface area contributed by atoms with E-state index in [4.69, 9.17) is 10.8 Å². The van der Waals surface area contributed by atoms with Crippen LogP contribution in [0.15, 0.2) is 83.5 Å². The molecule has 32 heavy (non-hydrogen) atoms. The van der Waals surface area contributed by atoms with Crippen LogP contribution < -0.4 is 5.32 Å². The molecule has 0 unspecified atom stereocenters. The highest BCUT2D eigenvalue weighted by atomic mass is 16.3. The molecule has 0 spiro atoms. The largest absolute Gasteiger partial charge is 0.463 e. The summed E-state index contributed by atoms with van der Waals surface area (Å²) in [6, 6.07) is 21.4. The molecule has 0 saturated heterocycles. The molecule has 1 N–H and O–H groups in total. The van der Waals surface area contributed by atoms with E-state index in [1.807, 2.05) is 30.3 Å². The molecule has 0 atom stereocenters. The highest BCUT2D eigenvalue weighted by Gasteiger charge is 2.23. The molecule has 0 aliphatic carbocycles. The first-order valence-electron chi connectivity index (χ1n) is 9.86. The van der Waals surface area contributed by atoms with Crippen LogP contribution in [0, 0.1) is 12.3 Å². The fourth-order valence-electron chi connectivity index (χ4n) is 3.21. The van der Waals surface area contributed by atoms with Gasteiger partial charge in [0.2, 0.25) is 5.91 Å². The molecule has 0 aliphatic rings. The number of para-hydroxylation sites is 1. The summed E-state index contributed by atoms with van der Waals surface area (Å²) in [6.07, 6.45) is 6.95. The van der Waals surface area contributed by atoms with E-state index in [9.17, 15) is 9.59 Å². The summed E-state index contributed by atoms with van der Waals surface area (Å²) in [4.78, 5) is 27.1. The minimum absolute atomic E-state index is 0.144. The Labute approximate surface area is 185 Å². The van der Waals surface area contributed by atoms with Gasteiger partial charge in [0.25, 0.3) is 5.91 Å². The first-order valence-corrected chi connectivity index (χ1v) is 9.86. The molecule has 7 nitrogen and oxygen atoms in total. The van der Waals surface area contributed by atoms with Gasteiger partial charge in [-0.3, -0.25) is 9.59 Å². The third-order valence-electron chi connectivity index (χ3n) is 4.74. The number of carbonyl (C=O) groups is 2. The zero-order chi connectivity index (χ0) is 22.5. The molecule has 7 heteroatoms. The van der Waals surface area contributed by atoms with Gasteiger partial charge in [0.15, 0.2) is 5.76 Å². The third kappa shape index (κ3) is 4.45. The van der Waals surface area contributed by atoms with Crippen molar-refractivity contribution < 1.29 is 14.0 Å². The lowest BCUT2D eigenvalue weighted by Gasteiger charge is -2.17. The van der Waals surface area contributed by atoms with E-state index < -0.39 is 0 Å². The zero-order valence-corrected chi connectivity index (χ0v) is 17.4. The van der Waals surface area contributed by atoms with Gasteiger partial charge in [-0.25, -0.2) is 4.68 Å². The maximum Gasteiger partial charge on any atom is 0.272 e. The molecule has 2 heterocycles. The third-order valence-corrected chi connectivity index (χ3v) is 4.74. The minimum Gasteiger partial charge on any atom is -0.463 e. The number of nitrogens with one attached hydrogen (secondary N) is 1. The normalized spacial score (nSPS) is 10.4. The van der Waals surface area contributed by atoms with Gasteiger partial charge in [0, 0.05) is 24.4 Å². The fraction of sp³-hybridized carbons (Fsp3) is 0.0800. The molecular weight excluding hydrogens is 404 g/mol. The number of benzene rings is 2. The van der Waals surface area contributed by atoms with Gasteiger partial charge in [-0.05, 0) is 42.5 Å². The molecule has 4 rings (SSSR count). The van der Waals surface area contributed by atoms with Gasteiger partial charge in [-0.15, -0.1) is 6.42 Å². The predicted octanol–water partition coefficient (Wildman–Crippen LogP) is 3.82. The lowest BCUT2D eigenvalue weighted by molar-refractivity contribution is -0.116. The van der Waals surface area contributed by atoms with Gasteiger partial charge in [-0.1, -0.05) is 30.2 Å². The van der Waals surface area contributed by atoms with Crippen LogP contribution in [-0.4, -0.2) is 40.1 Å². The quantitative estimate of drug-likeness (QED) is 0.477. The van der Waals surface area contributed by atoms with Crippen LogP contribution in [0.25, 0.3) is 17.1 Å². The average molecular weight is 424 g/mol. The summed E-state index contributed by atoms with van der Waals surface area (Å²) in [5.41, 5.74) is 2.78. The molecule has 0 radical (unpaired) electrons. The Morgan fingerprint density at radius 1 is 1.09 bits per heavy atom. The SMILES string of the molecule is C#Cc1cccc(NC(=O)CN(C)C(=O)c2cc(-c3ccco3)nn2-c2ccccc2)c1. The number of amides is 2. The second kappa shape index (κ2) is 9.06. The van der Waals surface area contributed by atoms with Crippen LogP contribution in [0.4, 0.5) is 5.69 Å². The van der Waals surface area contributed by atoms with Crippen molar-refractivity contribution in [2.75, 3.05) is 18.9 Å². The number of nitrogens with zero attached hydrogens (tertiary/aromatic N) is 3. The lowest BCUT2D eigenvalue weighted by atomic mass is 10.2. The fourth-order valence-corrected chi connectivity index (χ4v) is 3.21. The van der Waals surface area contributed by atoms with Crippen molar-refractivity contribution in [3.05, 3.63) is 90.3 Å². The van der Waals surface area contributed by atoms with Crippen LogP contribution in [0.2, 0.25) is 0 Å². The Kier molecular flexibility index (Phi) is 5.86. The number of aromatic nitrogens is 2. The first kappa shape index (κ1) is 20.7. The summed E-state index contributed by atoms with van der Waals surface area (Å²) in [5, 5.41) is 7.31. The number of likely N-dealkylation sites (N-methyl/N-ethyl adjacent to an activating group) is 1. The van der Waals surface area contributed by atoms with Crippen molar-refractivity contribution >= 4 is 17.5 Å². The Morgan fingerprint density at radius 3 is 2.62 bits per heavy atom. The zero-order valence-electron chi connectivity index (χ0n) is 17.4. The topological polar surface area (TPSA) is 80.4 Å². The summed E-state index contributed by atoms with van der Waals surface area (Å²) in [6.45, 7) is -0.144. The Morgan fingerprint density at radius 2 is 1.91 bits per heavy atom. The van der Waals surface area contributed by atoms with Gasteiger partial charge in [-0.2, -0.15) is 5.10 Å². The van der Waals surface area contributed by atoms with E-state index in [0.29, 0.717) is 28.4 Å². The molecule has 0 saturated carbocycles. The maximum atomic E-state index is 13.2. The predicted molar refractivity (Wildman–Crippen MR) is 121 cm³/mol. The van der Waals surface area contributed by atoms with E-state index in [0.717, 1.165) is 5.69 Å². The highest BCUT2D eigenvalue weighted by molar-refractivity contribution is 5.99. The number of hydrogen-bond acceptors (Lipinski definition) is 4. The summed E-state index contributed by atoms with van der Waals surface area (Å²) in [5.74, 6) is 2.37. The highest BCUT2D eigenvalue weighted by Crippen LogP contribution is 2.23. The molecule has 4 aromatic rings. The number of rotatable bonds is 6. The number of hydrogen-bond donors (Lipinski definition) is 1. The molecule has 0 fully saturated rings. The van der Waals surface area contributed by atoms with Gasteiger partial charge >= 0.3 is 0 Å². The molecule has 2 amide bonds. The molecular formula is C25H20N4O3. The van der Waals surface area contributed by atoms with Crippen LogP contribution in [0.5, 0.6) is 0 Å². The van der Waals surface area contributed by atoms with E-state index >= 15 is 0 Å². The molecule has 2 aromatic carbocycles. The number of carbonyl (C=O) groups excluding carboxylic acids is 2. The Balaban J connectivity index is 1.56. The second-order valence-corrected chi connectivity index (χ2v) is 7.07. The van der Waals surface area contributed by atoms with Crippen LogP contribution >= 0.6 is 0 Å². The second-order valence-electron chi connectivity index (χ2n) is 7.07. The van der Waals surface area contributed by atoms with Gasteiger partial charge in [0.1, 0.15) is 11.4 Å². The Bertz CT molecular complexity index is 1280. The van der Waals surface area contributed by atoms with E-state index in [1.54, 1.807) is 60.5 Å². The number of terminal acetylenes is 1. The van der Waals surface area contributed by atoms with Crippen molar-refractivity contribution in [1.29, 1.82) is 0 Å². The van der Waals surface area contributed by atoms with Crippen LogP contribution in [0.1, 0.15) is 16.1 Å². The summed E-state index contributed by atoms with van der Waals surface area (Å²) < 4.78 is 6.98. The van der Waals surface area contributed by atoms with Crippen molar-refractivity contribution in [2.24, 2.45) is 0 Å². The Hall–Kier alpha value is -4.57. The molecule has 158 valence electrons. The number of furan rings is 1.